The van der Waals surface area contributed by atoms with E-state index < -0.39 is 0 Å². The quantitative estimate of drug-likeness (QED) is 0.428. The molecule has 0 spiro atoms. The third-order valence-corrected chi connectivity index (χ3v) is 4.44. The molecule has 25 heavy (non-hydrogen) atoms. The van der Waals surface area contributed by atoms with E-state index in [0.29, 0.717) is 18.5 Å². The van der Waals surface area contributed by atoms with Gasteiger partial charge in [-0.15, -0.1) is 0 Å². The van der Waals surface area contributed by atoms with E-state index in [4.69, 9.17) is 0 Å². The third kappa shape index (κ3) is 8.20. The summed E-state index contributed by atoms with van der Waals surface area (Å²) in [6.45, 7) is 6.53. The lowest BCUT2D eigenvalue weighted by Gasteiger charge is -2.33. The number of likely N-dealkylation sites (N-methyl/N-ethyl adjacent to an activating group) is 2. The van der Waals surface area contributed by atoms with Crippen LogP contribution in [-0.2, 0) is 9.59 Å². The van der Waals surface area contributed by atoms with E-state index in [0.717, 1.165) is 32.4 Å². The van der Waals surface area contributed by atoms with Gasteiger partial charge in [-0.1, -0.05) is 6.92 Å². The molecule has 0 radical (unpaired) electrons. The maximum atomic E-state index is 11.8. The second kappa shape index (κ2) is 10.9. The molecule has 1 aliphatic heterocycles. The van der Waals surface area contributed by atoms with Crippen molar-refractivity contribution >= 4 is 17.8 Å². The summed E-state index contributed by atoms with van der Waals surface area (Å²) in [4.78, 5) is 31.4. The Bertz CT molecular complexity index is 458. The van der Waals surface area contributed by atoms with Crippen LogP contribution in [0.4, 0.5) is 0 Å². The summed E-state index contributed by atoms with van der Waals surface area (Å²) in [5.41, 5.74) is 0. The van der Waals surface area contributed by atoms with Gasteiger partial charge in [-0.3, -0.25) is 14.5 Å². The number of nitrogens with zero attached hydrogens (tertiary/aromatic N) is 3. The molecule has 1 heterocycles. The highest BCUT2D eigenvalue weighted by atomic mass is 16.2. The minimum Gasteiger partial charge on any atom is -0.358 e. The number of piperidine rings is 1. The highest BCUT2D eigenvalue weighted by molar-refractivity contribution is 5.85. The van der Waals surface area contributed by atoms with Gasteiger partial charge in [0.05, 0.1) is 6.54 Å². The van der Waals surface area contributed by atoms with Crippen molar-refractivity contribution in [3.8, 4) is 0 Å². The van der Waals surface area contributed by atoms with E-state index in [1.54, 1.807) is 26.0 Å². The SMILES string of the molecule is CCC(C)NC(=NCC(=O)N(C)C)NC1CCN(CC(=O)NC)CC1. The minimum absolute atomic E-state index is 0.0225. The predicted molar refractivity (Wildman–Crippen MR) is 101 cm³/mol. The Morgan fingerprint density at radius 2 is 1.92 bits per heavy atom. The Kier molecular flexibility index (Phi) is 9.26. The topological polar surface area (TPSA) is 89.1 Å². The number of guanidine groups is 1. The average molecular weight is 354 g/mol. The molecule has 0 aromatic heterocycles. The smallest absolute Gasteiger partial charge is 0.243 e. The van der Waals surface area contributed by atoms with Gasteiger partial charge in [-0.25, -0.2) is 4.99 Å². The summed E-state index contributed by atoms with van der Waals surface area (Å²) in [7, 11) is 5.12. The Morgan fingerprint density at radius 3 is 2.44 bits per heavy atom. The Labute approximate surface area is 151 Å². The molecule has 8 heteroatoms. The molecule has 1 rings (SSSR count). The molecule has 0 saturated carbocycles. The van der Waals surface area contributed by atoms with Gasteiger partial charge in [0, 0.05) is 46.3 Å². The lowest BCUT2D eigenvalue weighted by molar-refractivity contribution is -0.127. The first-order chi connectivity index (χ1) is 11.8. The van der Waals surface area contributed by atoms with Crippen LogP contribution < -0.4 is 16.0 Å². The Hall–Kier alpha value is -1.83. The van der Waals surface area contributed by atoms with Gasteiger partial charge >= 0.3 is 0 Å². The first-order valence-corrected chi connectivity index (χ1v) is 9.06. The molecule has 0 aromatic rings. The van der Waals surface area contributed by atoms with Crippen LogP contribution in [0.3, 0.4) is 0 Å². The van der Waals surface area contributed by atoms with Crippen molar-refractivity contribution < 1.29 is 9.59 Å². The summed E-state index contributed by atoms with van der Waals surface area (Å²) < 4.78 is 0. The van der Waals surface area contributed by atoms with E-state index in [2.05, 4.69) is 39.7 Å². The van der Waals surface area contributed by atoms with Crippen LogP contribution in [0.5, 0.6) is 0 Å². The maximum absolute atomic E-state index is 11.8. The van der Waals surface area contributed by atoms with Crippen LogP contribution >= 0.6 is 0 Å². The van der Waals surface area contributed by atoms with Gasteiger partial charge in [0.2, 0.25) is 11.8 Å². The van der Waals surface area contributed by atoms with Gasteiger partial charge in [0.25, 0.3) is 0 Å². The number of nitrogens with one attached hydrogen (secondary N) is 3. The lowest BCUT2D eigenvalue weighted by atomic mass is 10.1. The molecule has 1 atom stereocenters. The zero-order valence-corrected chi connectivity index (χ0v) is 16.3. The molecular formula is C17H34N6O2. The molecule has 0 aliphatic carbocycles. The fourth-order valence-corrected chi connectivity index (χ4v) is 2.47. The largest absolute Gasteiger partial charge is 0.358 e. The predicted octanol–water partition coefficient (Wildman–Crippen LogP) is -0.381. The van der Waals surface area contributed by atoms with Crippen LogP contribution in [0.1, 0.15) is 33.1 Å². The fourth-order valence-electron chi connectivity index (χ4n) is 2.47. The second-order valence-electron chi connectivity index (χ2n) is 6.77. The standard InChI is InChI=1S/C17H34N6O2/c1-6-13(2)20-17(19-11-16(25)22(4)5)21-14-7-9-23(10-8-14)12-15(24)18-3/h13-14H,6-12H2,1-5H3,(H,18,24)(H2,19,20,21). The van der Waals surface area contributed by atoms with E-state index in [9.17, 15) is 9.59 Å². The second-order valence-corrected chi connectivity index (χ2v) is 6.77. The van der Waals surface area contributed by atoms with Gasteiger partial charge in [0.1, 0.15) is 6.54 Å². The van der Waals surface area contributed by atoms with Crippen molar-refractivity contribution in [3.05, 3.63) is 0 Å². The number of carbonyl (C=O) groups is 2. The van der Waals surface area contributed by atoms with Crippen LogP contribution in [0.2, 0.25) is 0 Å². The summed E-state index contributed by atoms with van der Waals surface area (Å²) in [6, 6.07) is 0.583. The van der Waals surface area contributed by atoms with Gasteiger partial charge < -0.3 is 20.9 Å². The van der Waals surface area contributed by atoms with Crippen LogP contribution in [0.15, 0.2) is 4.99 Å². The fraction of sp³-hybridized carbons (Fsp3) is 0.824. The molecule has 1 unspecified atom stereocenters. The number of carbonyl (C=O) groups excluding carboxylic acids is 2. The molecule has 3 N–H and O–H groups in total. The number of hydrogen-bond donors (Lipinski definition) is 3. The van der Waals surface area contributed by atoms with Crippen LogP contribution in [0, 0.1) is 0 Å². The third-order valence-electron chi connectivity index (χ3n) is 4.44. The number of hydrogen-bond acceptors (Lipinski definition) is 4. The van der Waals surface area contributed by atoms with Gasteiger partial charge in [0.15, 0.2) is 5.96 Å². The lowest BCUT2D eigenvalue weighted by Crippen LogP contribution is -2.51. The van der Waals surface area contributed by atoms with Gasteiger partial charge in [-0.05, 0) is 26.2 Å². The van der Waals surface area contributed by atoms with Crippen LogP contribution in [-0.4, -0.2) is 87.0 Å². The van der Waals surface area contributed by atoms with E-state index >= 15 is 0 Å². The number of rotatable bonds is 7. The molecule has 0 bridgehead atoms. The zero-order valence-electron chi connectivity index (χ0n) is 16.3. The maximum Gasteiger partial charge on any atom is 0.243 e. The molecule has 8 nitrogen and oxygen atoms in total. The monoisotopic (exact) mass is 354 g/mol. The molecule has 144 valence electrons. The van der Waals surface area contributed by atoms with Crippen molar-refractivity contribution in [2.75, 3.05) is 47.3 Å². The Balaban J connectivity index is 2.55. The molecule has 1 saturated heterocycles. The van der Waals surface area contributed by atoms with E-state index in [1.165, 1.54) is 0 Å². The molecular weight excluding hydrogens is 320 g/mol. The van der Waals surface area contributed by atoms with Gasteiger partial charge in [-0.2, -0.15) is 0 Å². The number of amides is 2. The van der Waals surface area contributed by atoms with Crippen molar-refractivity contribution in [2.24, 2.45) is 4.99 Å². The normalized spacial score (nSPS) is 17.7. The highest BCUT2D eigenvalue weighted by Crippen LogP contribution is 2.10. The molecule has 1 fully saturated rings. The summed E-state index contributed by atoms with van der Waals surface area (Å²) in [6.07, 6.45) is 2.87. The highest BCUT2D eigenvalue weighted by Gasteiger charge is 2.21. The average Bonchev–Trinajstić information content (AvgIpc) is 2.60. The minimum atomic E-state index is -0.0225. The summed E-state index contributed by atoms with van der Waals surface area (Å²) >= 11 is 0. The van der Waals surface area contributed by atoms with Crippen molar-refractivity contribution in [2.45, 2.75) is 45.2 Å². The molecule has 0 aromatic carbocycles. The van der Waals surface area contributed by atoms with E-state index in [-0.39, 0.29) is 24.4 Å². The van der Waals surface area contributed by atoms with Crippen molar-refractivity contribution in [1.82, 2.24) is 25.8 Å². The summed E-state index contributed by atoms with van der Waals surface area (Å²) in [5, 5.41) is 9.45. The molecule has 1 aliphatic rings. The Morgan fingerprint density at radius 1 is 1.28 bits per heavy atom. The molecule has 2 amide bonds. The summed E-state index contributed by atoms with van der Waals surface area (Å²) in [5.74, 6) is 0.717. The number of aliphatic imine (C=N–C) groups is 1. The first kappa shape index (κ1) is 21.2. The van der Waals surface area contributed by atoms with Crippen molar-refractivity contribution in [3.63, 3.8) is 0 Å². The van der Waals surface area contributed by atoms with Crippen molar-refractivity contribution in [1.29, 1.82) is 0 Å². The van der Waals surface area contributed by atoms with Crippen LogP contribution in [0.25, 0.3) is 0 Å². The first-order valence-electron chi connectivity index (χ1n) is 9.06. The zero-order chi connectivity index (χ0) is 18.8. The van der Waals surface area contributed by atoms with E-state index in [1.807, 2.05) is 0 Å². The number of likely N-dealkylation sites (tertiary alicyclic amines) is 1.